The number of aryl methyl sites for hydroxylation is 2. The topological polar surface area (TPSA) is 121 Å². The second kappa shape index (κ2) is 23.9. The number of benzene rings is 6. The van der Waals surface area contributed by atoms with Crippen LogP contribution in [0.3, 0.4) is 0 Å². The Morgan fingerprint density at radius 1 is 0.263 bits per heavy atom. The average Bonchev–Trinajstić information content (AvgIpc) is 3.31. The van der Waals surface area contributed by atoms with E-state index in [1.807, 2.05) is 38.1 Å². The van der Waals surface area contributed by atoms with E-state index in [-0.39, 0.29) is 56.2 Å². The molecule has 1 aliphatic rings. The molecular weight excluding hydrogens is 1020 g/mol. The molecule has 0 spiro atoms. The van der Waals surface area contributed by atoms with Crippen LogP contribution in [-0.4, -0.2) is 53.7 Å². The van der Waals surface area contributed by atoms with E-state index >= 15 is 0 Å². The van der Waals surface area contributed by atoms with E-state index in [0.717, 1.165) is 123 Å². The lowest BCUT2D eigenvalue weighted by Crippen LogP contribution is -2.13. The van der Waals surface area contributed by atoms with Gasteiger partial charge in [-0.05, 0) is 102 Å². The van der Waals surface area contributed by atoms with E-state index in [2.05, 4.69) is 132 Å². The van der Waals surface area contributed by atoms with Crippen LogP contribution in [0.5, 0.6) is 34.5 Å². The normalized spacial score (nSPS) is 15.2. The van der Waals surface area contributed by atoms with Crippen molar-refractivity contribution in [2.24, 2.45) is 0 Å². The van der Waals surface area contributed by atoms with Crippen molar-refractivity contribution in [1.82, 2.24) is 0 Å². The molecule has 12 bridgehead atoms. The average molecular weight is 1100 g/mol. The summed E-state index contributed by atoms with van der Waals surface area (Å²) in [4.78, 5) is 0. The van der Waals surface area contributed by atoms with Gasteiger partial charge in [0.1, 0.15) is 34.5 Å². The Labute approximate surface area is 472 Å². The molecule has 76 heavy (non-hydrogen) atoms. The minimum absolute atomic E-state index is 0.175. The highest BCUT2D eigenvalue weighted by molar-refractivity contribution is 8.02. The van der Waals surface area contributed by atoms with Crippen LogP contribution >= 0.6 is 47.0 Å². The molecule has 10 heteroatoms. The Balaban J connectivity index is 1.26. The number of hydrogen-bond donors (Lipinski definition) is 6. The fourth-order valence-electron chi connectivity index (χ4n) is 9.94. The van der Waals surface area contributed by atoms with Crippen LogP contribution in [0.25, 0.3) is 0 Å². The number of aromatic hydroxyl groups is 6. The van der Waals surface area contributed by atoms with E-state index in [4.69, 9.17) is 0 Å². The third-order valence-electron chi connectivity index (χ3n) is 14.7. The van der Waals surface area contributed by atoms with Crippen molar-refractivity contribution in [1.29, 1.82) is 0 Å². The molecule has 6 N–H and O–H groups in total. The van der Waals surface area contributed by atoms with Gasteiger partial charge in [0.15, 0.2) is 0 Å². The van der Waals surface area contributed by atoms with Gasteiger partial charge in [-0.1, -0.05) is 167 Å². The molecule has 1 aliphatic heterocycles. The Kier molecular flexibility index (Phi) is 18.6. The SMILES string of the molecule is Cc1cc2c(O)c(c1)Cc1cc(C(C)(C)C)cc(c1O)CSCCSCc1cc(C(C)(C)C)cc(c1O)Cc1cc(C)cc(c1O)Cc1cc(C(C)(C)C)cc(c1O)CSCCSCc1cc(C(C)(C)C)cc(c1O)C2. The first-order chi connectivity index (χ1) is 35.5. The molecule has 1 heterocycles. The van der Waals surface area contributed by atoms with Gasteiger partial charge in [-0.25, -0.2) is 0 Å². The zero-order valence-corrected chi connectivity index (χ0v) is 51.0. The number of hydrogen-bond acceptors (Lipinski definition) is 10. The van der Waals surface area contributed by atoms with Gasteiger partial charge in [0.25, 0.3) is 0 Å². The molecule has 0 atom stereocenters. The van der Waals surface area contributed by atoms with Crippen LogP contribution in [0.15, 0.2) is 72.8 Å². The lowest BCUT2D eigenvalue weighted by Gasteiger charge is -2.24. The van der Waals surface area contributed by atoms with Crippen molar-refractivity contribution in [3.8, 4) is 34.5 Å². The standard InChI is InChI=1S/C66H84O6S4/c1-39-19-41-23-45-27-53(63(3,4)5)31-49(59(45)69)35-73-15-17-75-37-51-33-55(65(9,10)11)29-47(61(51)71)25-43-21-40(2)22-44(58(43)68)26-48-30-56(66(12,13)14)34-52(62(48)72)38-76-18-16-74-36-50-32-54(64(6,7)8)28-46(60(50)70)24-42(20-39)57(41)67/h19-22,27-34,67-72H,15-18,23-26,35-38H2,1-14H3. The van der Waals surface area contributed by atoms with Crippen LogP contribution in [0, 0.1) is 13.8 Å². The first kappa shape index (κ1) is 59.2. The number of rotatable bonds is 0. The summed E-state index contributed by atoms with van der Waals surface area (Å²) in [6, 6.07) is 24.9. The lowest BCUT2D eigenvalue weighted by molar-refractivity contribution is 0.452. The van der Waals surface area contributed by atoms with Crippen LogP contribution in [0.4, 0.5) is 0 Å². The molecule has 408 valence electrons. The second-order valence-corrected chi connectivity index (χ2v) is 29.8. The first-order valence-corrected chi connectivity index (χ1v) is 31.4. The highest BCUT2D eigenvalue weighted by Gasteiger charge is 2.26. The molecule has 0 unspecified atom stereocenters. The van der Waals surface area contributed by atoms with E-state index in [1.165, 1.54) is 0 Å². The van der Waals surface area contributed by atoms with Crippen molar-refractivity contribution >= 4 is 47.0 Å². The van der Waals surface area contributed by atoms with Crippen molar-refractivity contribution in [2.45, 2.75) is 167 Å². The molecule has 0 amide bonds. The van der Waals surface area contributed by atoms with E-state index < -0.39 is 0 Å². The summed E-state index contributed by atoms with van der Waals surface area (Å²) in [5, 5.41) is 72.0. The molecule has 7 rings (SSSR count). The molecule has 0 saturated heterocycles. The van der Waals surface area contributed by atoms with Gasteiger partial charge < -0.3 is 30.6 Å². The maximum Gasteiger partial charge on any atom is 0.123 e. The molecule has 6 aromatic carbocycles. The third kappa shape index (κ3) is 14.6. The number of phenolic OH excluding ortho intramolecular Hbond substituents is 6. The van der Waals surface area contributed by atoms with Gasteiger partial charge in [0.05, 0.1) is 0 Å². The molecule has 0 fully saturated rings. The number of thioether (sulfide) groups is 4. The molecule has 0 aliphatic carbocycles. The van der Waals surface area contributed by atoms with Crippen molar-refractivity contribution in [3.63, 3.8) is 0 Å². The highest BCUT2D eigenvalue weighted by Crippen LogP contribution is 2.43. The summed E-state index contributed by atoms with van der Waals surface area (Å²) >= 11 is 7.10. The molecule has 6 nitrogen and oxygen atoms in total. The van der Waals surface area contributed by atoms with Gasteiger partial charge in [-0.3, -0.25) is 0 Å². The van der Waals surface area contributed by atoms with Crippen LogP contribution in [-0.2, 0) is 70.4 Å². The quantitative estimate of drug-likeness (QED) is 0.0877. The molecule has 0 radical (unpaired) electrons. The molecule has 0 saturated carbocycles. The summed E-state index contributed by atoms with van der Waals surface area (Å²) in [7, 11) is 0. The zero-order chi connectivity index (χ0) is 55.7. The molecular formula is C66H84O6S4. The Hall–Kier alpha value is -4.48. The van der Waals surface area contributed by atoms with Gasteiger partial charge in [-0.2, -0.15) is 47.0 Å². The smallest absolute Gasteiger partial charge is 0.123 e. The second-order valence-electron chi connectivity index (χ2n) is 25.4. The largest absolute Gasteiger partial charge is 0.507 e. The van der Waals surface area contributed by atoms with E-state index in [0.29, 0.717) is 48.7 Å². The van der Waals surface area contributed by atoms with Gasteiger partial charge in [0, 0.05) is 94.0 Å². The summed E-state index contributed by atoms with van der Waals surface area (Å²) in [5.41, 5.74) is 15.3. The fourth-order valence-corrected chi connectivity index (χ4v) is 14.2. The van der Waals surface area contributed by atoms with Crippen molar-refractivity contribution < 1.29 is 30.6 Å². The highest BCUT2D eigenvalue weighted by atomic mass is 32.2. The molecule has 0 aromatic heterocycles. The summed E-state index contributed by atoms with van der Waals surface area (Å²) in [5.74, 6) is 7.25. The number of phenols is 6. The maximum atomic E-state index is 12.1. The van der Waals surface area contributed by atoms with Gasteiger partial charge in [-0.15, -0.1) is 0 Å². The minimum atomic E-state index is -0.175. The van der Waals surface area contributed by atoms with Crippen molar-refractivity contribution in [3.05, 3.63) is 173 Å². The van der Waals surface area contributed by atoms with E-state index in [9.17, 15) is 30.6 Å². The summed E-state index contributed by atoms with van der Waals surface area (Å²) in [6.45, 7) is 30.3. The maximum absolute atomic E-state index is 12.1. The van der Waals surface area contributed by atoms with Gasteiger partial charge in [0.2, 0.25) is 0 Å². The summed E-state index contributed by atoms with van der Waals surface area (Å²) in [6.07, 6.45) is 1.41. The minimum Gasteiger partial charge on any atom is -0.507 e. The number of fused-ring (bicyclic) bond motifs is 12. The first-order valence-electron chi connectivity index (χ1n) is 26.8. The fraction of sp³-hybridized carbons (Fsp3) is 0.455. The van der Waals surface area contributed by atoms with Crippen LogP contribution in [0.2, 0.25) is 0 Å². The Morgan fingerprint density at radius 2 is 0.421 bits per heavy atom. The van der Waals surface area contributed by atoms with Crippen LogP contribution < -0.4 is 0 Å². The Bertz CT molecular complexity index is 2670. The van der Waals surface area contributed by atoms with Crippen molar-refractivity contribution in [2.75, 3.05) is 23.0 Å². The monoisotopic (exact) mass is 1100 g/mol. The zero-order valence-electron chi connectivity index (χ0n) is 47.7. The lowest BCUT2D eigenvalue weighted by atomic mass is 9.83. The summed E-state index contributed by atoms with van der Waals surface area (Å²) < 4.78 is 0. The Morgan fingerprint density at radius 3 is 0.605 bits per heavy atom. The predicted molar refractivity (Wildman–Crippen MR) is 329 cm³/mol. The molecule has 6 aromatic rings. The van der Waals surface area contributed by atoms with E-state index in [1.54, 1.807) is 47.0 Å². The predicted octanol–water partition coefficient (Wildman–Crippen LogP) is 16.7. The van der Waals surface area contributed by atoms with Gasteiger partial charge >= 0.3 is 0 Å². The third-order valence-corrected chi connectivity index (χ3v) is 19.2. The van der Waals surface area contributed by atoms with Crippen LogP contribution in [0.1, 0.15) is 183 Å².